The van der Waals surface area contributed by atoms with Crippen LogP contribution in [0.25, 0.3) is 6.08 Å². The van der Waals surface area contributed by atoms with Crippen LogP contribution in [0, 0.1) is 5.41 Å². The Bertz CT molecular complexity index is 595. The highest BCUT2D eigenvalue weighted by molar-refractivity contribution is 6.32. The van der Waals surface area contributed by atoms with Crippen molar-refractivity contribution >= 4 is 23.6 Å². The first-order chi connectivity index (χ1) is 10.8. The number of carbonyl (C=O) groups excluding carboxylic acids is 1. The lowest BCUT2D eigenvalue weighted by Gasteiger charge is -2.18. The summed E-state index contributed by atoms with van der Waals surface area (Å²) in [4.78, 5) is 12.4. The topological polar surface area (TPSA) is 35.5 Å². The molecule has 0 atom stereocenters. The minimum atomic E-state index is -0.420. The van der Waals surface area contributed by atoms with E-state index in [1.54, 1.807) is 19.1 Å². The Morgan fingerprint density at radius 1 is 1.13 bits per heavy atom. The van der Waals surface area contributed by atoms with Crippen LogP contribution in [0.2, 0.25) is 5.02 Å². The summed E-state index contributed by atoms with van der Waals surface area (Å²) < 4.78 is 10.9. The van der Waals surface area contributed by atoms with Gasteiger partial charge in [-0.05, 0) is 43.0 Å². The van der Waals surface area contributed by atoms with Crippen molar-refractivity contribution in [2.24, 2.45) is 5.41 Å². The van der Waals surface area contributed by atoms with Crippen molar-refractivity contribution in [1.29, 1.82) is 0 Å². The largest absolute Gasteiger partial charge is 0.493 e. The molecule has 0 aliphatic rings. The van der Waals surface area contributed by atoms with Crippen LogP contribution in [0.15, 0.2) is 41.7 Å². The van der Waals surface area contributed by atoms with Gasteiger partial charge in [0.15, 0.2) is 0 Å². The molecule has 0 unspecified atom stereocenters. The van der Waals surface area contributed by atoms with E-state index >= 15 is 0 Å². The fourth-order valence-electron chi connectivity index (χ4n) is 1.93. The fourth-order valence-corrected chi connectivity index (χ4v) is 2.12. The molecular weight excluding hydrogens is 312 g/mol. The molecule has 0 heterocycles. The third-order valence-corrected chi connectivity index (χ3v) is 3.17. The fraction of sp³-hybridized carbons (Fsp3) is 0.421. The first-order valence-corrected chi connectivity index (χ1v) is 8.15. The summed E-state index contributed by atoms with van der Waals surface area (Å²) in [7, 11) is 0. The average Bonchev–Trinajstić information content (AvgIpc) is 2.45. The second-order valence-electron chi connectivity index (χ2n) is 6.11. The Hall–Kier alpha value is -1.74. The molecule has 0 radical (unpaired) electrons. The number of benzene rings is 1. The molecule has 0 aliphatic carbocycles. The minimum Gasteiger partial charge on any atom is -0.493 e. The maximum Gasteiger partial charge on any atom is 0.341 e. The smallest absolute Gasteiger partial charge is 0.341 e. The van der Waals surface area contributed by atoms with Gasteiger partial charge in [-0.1, -0.05) is 50.6 Å². The van der Waals surface area contributed by atoms with Gasteiger partial charge in [-0.25, -0.2) is 4.79 Å². The van der Waals surface area contributed by atoms with E-state index in [4.69, 9.17) is 21.1 Å². The van der Waals surface area contributed by atoms with E-state index in [-0.39, 0.29) is 5.41 Å². The molecule has 23 heavy (non-hydrogen) atoms. The van der Waals surface area contributed by atoms with Gasteiger partial charge in [-0.15, -0.1) is 0 Å². The molecule has 1 rings (SSSR count). The van der Waals surface area contributed by atoms with Gasteiger partial charge >= 0.3 is 5.97 Å². The van der Waals surface area contributed by atoms with Crippen LogP contribution in [0.4, 0.5) is 0 Å². The maximum atomic E-state index is 12.4. The summed E-state index contributed by atoms with van der Waals surface area (Å²) in [5.74, 6) is 0.0924. The van der Waals surface area contributed by atoms with Gasteiger partial charge in [-0.3, -0.25) is 0 Å². The van der Waals surface area contributed by atoms with Crippen molar-refractivity contribution in [3.05, 3.63) is 52.3 Å². The molecule has 0 N–H and O–H groups in total. The van der Waals surface area contributed by atoms with E-state index in [2.05, 4.69) is 0 Å². The molecule has 0 amide bonds. The molecule has 3 nitrogen and oxygen atoms in total. The van der Waals surface area contributed by atoms with Crippen molar-refractivity contribution in [2.45, 2.75) is 34.6 Å². The molecular formula is C19H25ClO3. The quantitative estimate of drug-likeness (QED) is 0.308. The Morgan fingerprint density at radius 2 is 1.74 bits per heavy atom. The Labute approximate surface area is 143 Å². The molecule has 0 aliphatic heterocycles. The lowest BCUT2D eigenvalue weighted by Crippen LogP contribution is -2.14. The molecule has 0 bridgehead atoms. The molecule has 1 aromatic carbocycles. The van der Waals surface area contributed by atoms with Crippen LogP contribution in [0.3, 0.4) is 0 Å². The van der Waals surface area contributed by atoms with Gasteiger partial charge in [0.2, 0.25) is 0 Å². The summed E-state index contributed by atoms with van der Waals surface area (Å²) in [5.41, 5.74) is 0.977. The van der Waals surface area contributed by atoms with E-state index in [1.165, 1.54) is 0 Å². The summed E-state index contributed by atoms with van der Waals surface area (Å²) >= 11 is 6.21. The van der Waals surface area contributed by atoms with E-state index in [9.17, 15) is 4.79 Å². The maximum absolute atomic E-state index is 12.4. The normalized spacial score (nSPS) is 13.0. The molecule has 4 heteroatoms. The van der Waals surface area contributed by atoms with Crippen LogP contribution in [0.5, 0.6) is 0 Å². The minimum absolute atomic E-state index is 0.142. The first kappa shape index (κ1) is 19.3. The lowest BCUT2D eigenvalue weighted by molar-refractivity contribution is -0.138. The number of carbonyl (C=O) groups is 1. The second-order valence-corrected chi connectivity index (χ2v) is 6.51. The number of hydrogen-bond donors (Lipinski definition) is 0. The van der Waals surface area contributed by atoms with Crippen molar-refractivity contribution in [3.8, 4) is 0 Å². The van der Waals surface area contributed by atoms with Crippen molar-refractivity contribution < 1.29 is 14.3 Å². The van der Waals surface area contributed by atoms with Crippen LogP contribution >= 0.6 is 11.6 Å². The number of rotatable bonds is 6. The average molecular weight is 337 g/mol. The van der Waals surface area contributed by atoms with Crippen LogP contribution < -0.4 is 0 Å². The monoisotopic (exact) mass is 336 g/mol. The van der Waals surface area contributed by atoms with Crippen LogP contribution in [0.1, 0.15) is 40.2 Å². The number of hydrogen-bond acceptors (Lipinski definition) is 3. The Kier molecular flexibility index (Phi) is 7.37. The van der Waals surface area contributed by atoms with E-state index in [0.29, 0.717) is 29.6 Å². The Morgan fingerprint density at radius 3 is 2.26 bits per heavy atom. The van der Waals surface area contributed by atoms with E-state index in [1.807, 2.05) is 52.0 Å². The third kappa shape index (κ3) is 6.49. The first-order valence-electron chi connectivity index (χ1n) is 7.77. The van der Waals surface area contributed by atoms with Crippen LogP contribution in [-0.4, -0.2) is 19.2 Å². The second kappa shape index (κ2) is 8.78. The number of allylic oxidation sites excluding steroid dienone is 1. The zero-order valence-electron chi connectivity index (χ0n) is 14.5. The van der Waals surface area contributed by atoms with Crippen molar-refractivity contribution in [2.75, 3.05) is 13.2 Å². The van der Waals surface area contributed by atoms with Gasteiger partial charge in [-0.2, -0.15) is 0 Å². The zero-order chi connectivity index (χ0) is 17.5. The molecule has 1 aromatic rings. The van der Waals surface area contributed by atoms with Crippen molar-refractivity contribution in [3.63, 3.8) is 0 Å². The predicted octanol–water partition coefficient (Wildman–Crippen LogP) is 5.25. The predicted molar refractivity (Wildman–Crippen MR) is 95.2 cm³/mol. The van der Waals surface area contributed by atoms with Gasteiger partial charge in [0.05, 0.1) is 13.2 Å². The Balaban J connectivity index is 3.41. The van der Waals surface area contributed by atoms with E-state index < -0.39 is 5.97 Å². The summed E-state index contributed by atoms with van der Waals surface area (Å²) in [6, 6.07) is 7.35. The lowest BCUT2D eigenvalue weighted by atomic mass is 9.94. The zero-order valence-corrected chi connectivity index (χ0v) is 15.2. The van der Waals surface area contributed by atoms with Gasteiger partial charge in [0, 0.05) is 5.02 Å². The highest BCUT2D eigenvalue weighted by Crippen LogP contribution is 2.27. The summed E-state index contributed by atoms with van der Waals surface area (Å²) in [5, 5.41) is 0.570. The molecule has 0 saturated carbocycles. The summed E-state index contributed by atoms with van der Waals surface area (Å²) in [6.45, 7) is 10.6. The van der Waals surface area contributed by atoms with Gasteiger partial charge in [0.25, 0.3) is 0 Å². The highest BCUT2D eigenvalue weighted by Gasteiger charge is 2.21. The van der Waals surface area contributed by atoms with Crippen LogP contribution in [-0.2, 0) is 14.3 Å². The molecule has 0 aromatic heterocycles. The number of ether oxygens (including phenoxy) is 2. The number of esters is 1. The SMILES string of the molecule is CCOC(=O)C(=C/c1ccccc1Cl)/C(=C\C(C)(C)C)OCC. The highest BCUT2D eigenvalue weighted by atomic mass is 35.5. The van der Waals surface area contributed by atoms with Gasteiger partial charge in [0.1, 0.15) is 11.3 Å². The molecule has 0 saturated heterocycles. The third-order valence-electron chi connectivity index (χ3n) is 2.83. The molecule has 0 fully saturated rings. The van der Waals surface area contributed by atoms with Crippen molar-refractivity contribution in [1.82, 2.24) is 0 Å². The molecule has 0 spiro atoms. The standard InChI is InChI=1S/C19H25ClO3/c1-6-22-17(13-19(3,4)5)15(18(21)23-7-2)12-14-10-8-9-11-16(14)20/h8-13H,6-7H2,1-5H3/b15-12+,17-13+. The van der Waals surface area contributed by atoms with E-state index in [0.717, 1.165) is 5.56 Å². The summed E-state index contributed by atoms with van der Waals surface area (Å²) in [6.07, 6.45) is 3.64. The van der Waals surface area contributed by atoms with Gasteiger partial charge < -0.3 is 9.47 Å². The number of halogens is 1. The molecule has 126 valence electrons.